The molecule has 2 heterocycles. The van der Waals surface area contributed by atoms with E-state index in [9.17, 15) is 0 Å². The van der Waals surface area contributed by atoms with Gasteiger partial charge in [0.05, 0.1) is 11.4 Å². The third-order valence-corrected chi connectivity index (χ3v) is 5.44. The molecule has 26 heavy (non-hydrogen) atoms. The van der Waals surface area contributed by atoms with Gasteiger partial charge in [-0.1, -0.05) is 54.1 Å². The van der Waals surface area contributed by atoms with Gasteiger partial charge in [-0.2, -0.15) is 0 Å². The highest BCUT2D eigenvalue weighted by atomic mass is 14.7. The second-order valence-electron chi connectivity index (χ2n) is 7.10. The molecule has 5 rings (SSSR count). The highest BCUT2D eigenvalue weighted by Crippen LogP contribution is 2.37. The summed E-state index contributed by atoms with van der Waals surface area (Å²) < 4.78 is 0. The van der Waals surface area contributed by atoms with Gasteiger partial charge >= 0.3 is 0 Å². The number of pyridine rings is 2. The summed E-state index contributed by atoms with van der Waals surface area (Å²) in [7, 11) is 0. The lowest BCUT2D eigenvalue weighted by Crippen LogP contribution is -2.07. The van der Waals surface area contributed by atoms with Gasteiger partial charge in [-0.25, -0.2) is 4.98 Å². The summed E-state index contributed by atoms with van der Waals surface area (Å²) in [6.07, 6.45) is 13.8. The first kappa shape index (κ1) is 15.3. The third kappa shape index (κ3) is 2.50. The van der Waals surface area contributed by atoms with E-state index in [0.717, 1.165) is 35.9 Å². The van der Waals surface area contributed by atoms with Gasteiger partial charge in [0.15, 0.2) is 0 Å². The van der Waals surface area contributed by atoms with Crippen LogP contribution in [-0.2, 0) is 6.42 Å². The SMILES string of the molecule is CC1=CCC2=C(C=C1)CCc1ccc(-c3cncc4ccccc34)nc12. The van der Waals surface area contributed by atoms with Crippen LogP contribution < -0.4 is 0 Å². The summed E-state index contributed by atoms with van der Waals surface area (Å²) in [6, 6.07) is 12.8. The van der Waals surface area contributed by atoms with Gasteiger partial charge in [-0.15, -0.1) is 0 Å². The molecule has 0 spiro atoms. The number of hydrogen-bond donors (Lipinski definition) is 0. The van der Waals surface area contributed by atoms with E-state index in [4.69, 9.17) is 4.98 Å². The van der Waals surface area contributed by atoms with Crippen LogP contribution in [0.3, 0.4) is 0 Å². The zero-order valence-corrected chi connectivity index (χ0v) is 14.9. The molecule has 0 N–H and O–H groups in total. The van der Waals surface area contributed by atoms with Gasteiger partial charge in [-0.3, -0.25) is 4.98 Å². The minimum atomic E-state index is 0.964. The van der Waals surface area contributed by atoms with Crippen molar-refractivity contribution in [1.82, 2.24) is 9.97 Å². The summed E-state index contributed by atoms with van der Waals surface area (Å²) in [5, 5.41) is 2.36. The van der Waals surface area contributed by atoms with Crippen LogP contribution in [0.4, 0.5) is 0 Å². The number of nitrogens with zero attached hydrogens (tertiary/aromatic N) is 2. The molecule has 0 atom stereocenters. The Balaban J connectivity index is 1.69. The van der Waals surface area contributed by atoms with Crippen molar-refractivity contribution in [3.05, 3.63) is 89.4 Å². The van der Waals surface area contributed by atoms with Crippen molar-refractivity contribution in [2.75, 3.05) is 0 Å². The first-order valence-corrected chi connectivity index (χ1v) is 9.20. The quantitative estimate of drug-likeness (QED) is 0.552. The van der Waals surface area contributed by atoms with E-state index < -0.39 is 0 Å². The Morgan fingerprint density at radius 2 is 1.85 bits per heavy atom. The maximum atomic E-state index is 5.12. The molecule has 0 fully saturated rings. The highest BCUT2D eigenvalue weighted by Gasteiger charge is 2.20. The second kappa shape index (κ2) is 6.06. The molecule has 1 aromatic carbocycles. The van der Waals surface area contributed by atoms with E-state index in [1.807, 2.05) is 12.4 Å². The number of fused-ring (bicyclic) bond motifs is 3. The highest BCUT2D eigenvalue weighted by molar-refractivity contribution is 5.95. The molecule has 2 aliphatic carbocycles. The smallest absolute Gasteiger partial charge is 0.0731 e. The molecule has 2 aromatic heterocycles. The number of hydrogen-bond acceptors (Lipinski definition) is 2. The van der Waals surface area contributed by atoms with Gasteiger partial charge in [0, 0.05) is 23.3 Å². The molecule has 0 saturated carbocycles. The average Bonchev–Trinajstić information content (AvgIpc) is 2.89. The Hall–Kier alpha value is -3.00. The topological polar surface area (TPSA) is 25.8 Å². The van der Waals surface area contributed by atoms with Crippen molar-refractivity contribution in [2.45, 2.75) is 26.2 Å². The van der Waals surface area contributed by atoms with Gasteiger partial charge in [-0.05, 0) is 54.3 Å². The van der Waals surface area contributed by atoms with Crippen LogP contribution in [-0.4, -0.2) is 9.97 Å². The standard InChI is InChI=1S/C24H20N2/c1-16-6-8-17-9-10-18-11-13-23(26-24(18)21(17)12-7-16)22-15-25-14-19-4-2-3-5-20(19)22/h2-8,11,13-15H,9-10,12H2,1H3. The maximum Gasteiger partial charge on any atom is 0.0731 e. The second-order valence-corrected chi connectivity index (χ2v) is 7.10. The molecular formula is C24H20N2. The minimum absolute atomic E-state index is 0.964. The molecule has 2 aliphatic rings. The molecule has 0 radical (unpaired) electrons. The number of rotatable bonds is 1. The summed E-state index contributed by atoms with van der Waals surface area (Å²) in [5.41, 5.74) is 8.80. The maximum absolute atomic E-state index is 5.12. The van der Waals surface area contributed by atoms with Gasteiger partial charge in [0.2, 0.25) is 0 Å². The number of benzene rings is 1. The number of aromatic nitrogens is 2. The van der Waals surface area contributed by atoms with Crippen molar-refractivity contribution >= 4 is 16.3 Å². The Labute approximate surface area is 153 Å². The third-order valence-electron chi connectivity index (χ3n) is 5.44. The molecule has 0 amide bonds. The normalized spacial score (nSPS) is 16.1. The van der Waals surface area contributed by atoms with E-state index in [0.29, 0.717) is 0 Å². The number of aryl methyl sites for hydroxylation is 1. The predicted octanol–water partition coefficient (Wildman–Crippen LogP) is 5.90. The Morgan fingerprint density at radius 1 is 0.923 bits per heavy atom. The lowest BCUT2D eigenvalue weighted by atomic mass is 9.87. The van der Waals surface area contributed by atoms with Crippen molar-refractivity contribution in [1.29, 1.82) is 0 Å². The fourth-order valence-corrected chi connectivity index (χ4v) is 3.97. The van der Waals surface area contributed by atoms with Crippen LogP contribution in [0.1, 0.15) is 31.0 Å². The van der Waals surface area contributed by atoms with Crippen molar-refractivity contribution in [3.8, 4) is 11.3 Å². The van der Waals surface area contributed by atoms with Gasteiger partial charge < -0.3 is 0 Å². The van der Waals surface area contributed by atoms with E-state index >= 15 is 0 Å². The Kier molecular flexibility index (Phi) is 3.56. The fraction of sp³-hybridized carbons (Fsp3) is 0.167. The van der Waals surface area contributed by atoms with E-state index in [-0.39, 0.29) is 0 Å². The van der Waals surface area contributed by atoms with Crippen LogP contribution in [0.15, 0.2) is 78.2 Å². The monoisotopic (exact) mass is 336 g/mol. The first-order chi connectivity index (χ1) is 12.8. The minimum Gasteiger partial charge on any atom is -0.263 e. The molecule has 126 valence electrons. The zero-order chi connectivity index (χ0) is 17.5. The first-order valence-electron chi connectivity index (χ1n) is 9.20. The molecule has 2 heteroatoms. The molecule has 0 unspecified atom stereocenters. The fourth-order valence-electron chi connectivity index (χ4n) is 3.97. The predicted molar refractivity (Wildman–Crippen MR) is 108 cm³/mol. The van der Waals surface area contributed by atoms with E-state index in [1.165, 1.54) is 33.4 Å². The van der Waals surface area contributed by atoms with Crippen molar-refractivity contribution in [2.24, 2.45) is 0 Å². The van der Waals surface area contributed by atoms with Crippen LogP contribution in [0.25, 0.3) is 27.6 Å². The van der Waals surface area contributed by atoms with E-state index in [2.05, 4.69) is 66.5 Å². The number of allylic oxidation sites excluding steroid dienone is 6. The Bertz CT molecular complexity index is 1110. The molecule has 0 bridgehead atoms. The van der Waals surface area contributed by atoms with Crippen LogP contribution in [0, 0.1) is 0 Å². The molecule has 3 aromatic rings. The van der Waals surface area contributed by atoms with E-state index in [1.54, 1.807) is 0 Å². The molecular weight excluding hydrogens is 316 g/mol. The average molecular weight is 336 g/mol. The molecule has 0 aliphatic heterocycles. The van der Waals surface area contributed by atoms with Crippen LogP contribution in [0.2, 0.25) is 0 Å². The molecule has 0 saturated heterocycles. The summed E-state index contributed by atoms with van der Waals surface area (Å²) in [4.78, 5) is 9.56. The summed E-state index contributed by atoms with van der Waals surface area (Å²) in [6.45, 7) is 2.17. The molecule has 2 nitrogen and oxygen atoms in total. The summed E-state index contributed by atoms with van der Waals surface area (Å²) >= 11 is 0. The van der Waals surface area contributed by atoms with Crippen molar-refractivity contribution in [3.63, 3.8) is 0 Å². The van der Waals surface area contributed by atoms with Crippen LogP contribution in [0.5, 0.6) is 0 Å². The van der Waals surface area contributed by atoms with Crippen LogP contribution >= 0.6 is 0 Å². The lowest BCUT2D eigenvalue weighted by Gasteiger charge is -2.21. The largest absolute Gasteiger partial charge is 0.263 e. The zero-order valence-electron chi connectivity index (χ0n) is 14.9. The summed E-state index contributed by atoms with van der Waals surface area (Å²) in [5.74, 6) is 0. The lowest BCUT2D eigenvalue weighted by molar-refractivity contribution is 0.915. The van der Waals surface area contributed by atoms with Gasteiger partial charge in [0.1, 0.15) is 0 Å². The van der Waals surface area contributed by atoms with Gasteiger partial charge in [0.25, 0.3) is 0 Å². The Morgan fingerprint density at radius 3 is 2.81 bits per heavy atom. The van der Waals surface area contributed by atoms with Crippen molar-refractivity contribution < 1.29 is 0 Å².